The summed E-state index contributed by atoms with van der Waals surface area (Å²) in [6.45, 7) is 2.91. The van der Waals surface area contributed by atoms with Crippen LogP contribution in [0.2, 0.25) is 0 Å². The fourth-order valence-corrected chi connectivity index (χ4v) is 2.49. The van der Waals surface area contributed by atoms with Crippen LogP contribution in [0, 0.1) is 0 Å². The largest absolute Gasteiger partial charge is 0.462 e. The van der Waals surface area contributed by atoms with Gasteiger partial charge in [0.1, 0.15) is 0 Å². The lowest BCUT2D eigenvalue weighted by molar-refractivity contribution is 0.0525. The van der Waals surface area contributed by atoms with Crippen LogP contribution in [-0.4, -0.2) is 27.3 Å². The number of ether oxygens (including phenoxy) is 1. The van der Waals surface area contributed by atoms with Gasteiger partial charge in [0.15, 0.2) is 0 Å². The van der Waals surface area contributed by atoms with Crippen LogP contribution in [0.1, 0.15) is 34.0 Å². The van der Waals surface area contributed by atoms with E-state index >= 15 is 0 Å². The second kappa shape index (κ2) is 7.55. The van der Waals surface area contributed by atoms with Crippen LogP contribution < -0.4 is 0 Å². The minimum Gasteiger partial charge on any atom is -0.462 e. The quantitative estimate of drug-likeness (QED) is 0.655. The van der Waals surface area contributed by atoms with Gasteiger partial charge in [-0.3, -0.25) is 9.67 Å². The van der Waals surface area contributed by atoms with Gasteiger partial charge in [0.2, 0.25) is 0 Å². The minimum absolute atomic E-state index is 0.332. The fraction of sp³-hybridized carbons (Fsp3) is 0.211. The van der Waals surface area contributed by atoms with E-state index in [2.05, 4.69) is 34.3 Å². The molecule has 2 heterocycles. The van der Waals surface area contributed by atoms with E-state index in [1.54, 1.807) is 19.3 Å². The van der Waals surface area contributed by atoms with Crippen LogP contribution in [0.4, 0.5) is 0 Å². The molecular formula is C19H19N3O2. The molecule has 0 fully saturated rings. The number of pyridine rings is 1. The van der Waals surface area contributed by atoms with Crippen molar-refractivity contribution in [3.63, 3.8) is 0 Å². The summed E-state index contributed by atoms with van der Waals surface area (Å²) >= 11 is 0. The molecule has 0 saturated heterocycles. The normalized spacial score (nSPS) is 10.5. The van der Waals surface area contributed by atoms with Crippen molar-refractivity contribution in [1.29, 1.82) is 0 Å². The molecule has 5 nitrogen and oxygen atoms in total. The van der Waals surface area contributed by atoms with Gasteiger partial charge in [0, 0.05) is 24.8 Å². The zero-order valence-electron chi connectivity index (χ0n) is 13.6. The molecule has 122 valence electrons. The Morgan fingerprint density at radius 1 is 1.12 bits per heavy atom. The molecule has 0 bridgehead atoms. The average Bonchev–Trinajstić information content (AvgIpc) is 3.10. The van der Waals surface area contributed by atoms with Gasteiger partial charge in [0.05, 0.1) is 18.7 Å². The Morgan fingerprint density at radius 3 is 2.62 bits per heavy atom. The number of hydrogen-bond donors (Lipinski definition) is 0. The molecule has 0 spiro atoms. The van der Waals surface area contributed by atoms with E-state index in [1.165, 1.54) is 17.3 Å². The van der Waals surface area contributed by atoms with Crippen molar-refractivity contribution in [2.75, 3.05) is 6.61 Å². The predicted octanol–water partition coefficient (Wildman–Crippen LogP) is 3.09. The molecular weight excluding hydrogens is 302 g/mol. The number of hydrogen-bond acceptors (Lipinski definition) is 4. The highest BCUT2D eigenvalue weighted by atomic mass is 16.5. The third-order valence-corrected chi connectivity index (χ3v) is 3.64. The molecule has 5 heteroatoms. The highest BCUT2D eigenvalue weighted by Crippen LogP contribution is 2.13. The van der Waals surface area contributed by atoms with Gasteiger partial charge < -0.3 is 4.74 Å². The highest BCUT2D eigenvalue weighted by Gasteiger charge is 2.08. The van der Waals surface area contributed by atoms with Crippen LogP contribution in [0.15, 0.2) is 61.2 Å². The summed E-state index contributed by atoms with van der Waals surface area (Å²) < 4.78 is 6.90. The Morgan fingerprint density at radius 2 is 1.92 bits per heavy atom. The topological polar surface area (TPSA) is 57.0 Å². The molecule has 0 aliphatic carbocycles. The fourth-order valence-electron chi connectivity index (χ4n) is 2.49. The molecule has 0 unspecified atom stereocenters. The van der Waals surface area contributed by atoms with E-state index in [-0.39, 0.29) is 5.97 Å². The van der Waals surface area contributed by atoms with Crippen molar-refractivity contribution in [2.45, 2.75) is 19.9 Å². The molecule has 0 aliphatic heterocycles. The number of rotatable bonds is 6. The summed E-state index contributed by atoms with van der Waals surface area (Å²) in [4.78, 5) is 15.9. The first kappa shape index (κ1) is 15.9. The van der Waals surface area contributed by atoms with E-state index in [0.717, 1.165) is 18.5 Å². The van der Waals surface area contributed by atoms with Crippen LogP contribution >= 0.6 is 0 Å². The van der Waals surface area contributed by atoms with Crippen LogP contribution in [0.25, 0.3) is 0 Å². The Labute approximate surface area is 140 Å². The SMILES string of the molecule is CCOC(=O)c1cncc(Cc2ccc(Cn3cccn3)cc2)c1. The van der Waals surface area contributed by atoms with Crippen LogP contribution in [0.5, 0.6) is 0 Å². The smallest absolute Gasteiger partial charge is 0.339 e. The monoisotopic (exact) mass is 321 g/mol. The highest BCUT2D eigenvalue weighted by molar-refractivity contribution is 5.89. The molecule has 0 N–H and O–H groups in total. The molecule has 0 amide bonds. The average molecular weight is 321 g/mol. The lowest BCUT2D eigenvalue weighted by Crippen LogP contribution is -2.06. The van der Waals surface area contributed by atoms with E-state index in [9.17, 15) is 4.79 Å². The number of carbonyl (C=O) groups is 1. The van der Waals surface area contributed by atoms with Gasteiger partial charge in [-0.25, -0.2) is 4.79 Å². The molecule has 3 rings (SSSR count). The van der Waals surface area contributed by atoms with E-state index in [4.69, 9.17) is 4.74 Å². The first-order chi connectivity index (χ1) is 11.7. The molecule has 0 atom stereocenters. The second-order valence-corrected chi connectivity index (χ2v) is 5.50. The van der Waals surface area contributed by atoms with Crippen molar-refractivity contribution in [3.8, 4) is 0 Å². The Bertz CT molecular complexity index is 796. The molecule has 3 aromatic rings. The number of nitrogens with zero attached hydrogens (tertiary/aromatic N) is 3. The van der Waals surface area contributed by atoms with Crippen LogP contribution in [-0.2, 0) is 17.7 Å². The van der Waals surface area contributed by atoms with Gasteiger partial charge in [0.25, 0.3) is 0 Å². The summed E-state index contributed by atoms with van der Waals surface area (Å²) in [5, 5.41) is 4.21. The van der Waals surface area contributed by atoms with Crippen molar-refractivity contribution in [3.05, 3.63) is 83.4 Å². The van der Waals surface area contributed by atoms with E-state index in [0.29, 0.717) is 12.2 Å². The molecule has 1 aromatic carbocycles. The van der Waals surface area contributed by atoms with Crippen molar-refractivity contribution >= 4 is 5.97 Å². The number of benzene rings is 1. The van der Waals surface area contributed by atoms with Gasteiger partial charge >= 0.3 is 5.97 Å². The summed E-state index contributed by atoms with van der Waals surface area (Å²) in [6.07, 6.45) is 7.76. The lowest BCUT2D eigenvalue weighted by Gasteiger charge is -2.06. The molecule has 24 heavy (non-hydrogen) atoms. The Hall–Kier alpha value is -2.95. The number of carbonyl (C=O) groups excluding carboxylic acids is 1. The maximum atomic E-state index is 11.8. The molecule has 2 aromatic heterocycles. The maximum absolute atomic E-state index is 11.8. The number of esters is 1. The second-order valence-electron chi connectivity index (χ2n) is 5.50. The molecule has 0 saturated carbocycles. The van der Waals surface area contributed by atoms with Gasteiger partial charge in [-0.15, -0.1) is 0 Å². The third-order valence-electron chi connectivity index (χ3n) is 3.64. The zero-order chi connectivity index (χ0) is 16.8. The predicted molar refractivity (Wildman–Crippen MR) is 90.8 cm³/mol. The Balaban J connectivity index is 1.67. The van der Waals surface area contributed by atoms with Gasteiger partial charge in [-0.2, -0.15) is 5.10 Å². The molecule has 0 aliphatic rings. The lowest BCUT2D eigenvalue weighted by atomic mass is 10.0. The van der Waals surface area contributed by atoms with Crippen molar-refractivity contribution in [1.82, 2.24) is 14.8 Å². The van der Waals surface area contributed by atoms with E-state index in [1.807, 2.05) is 23.0 Å². The van der Waals surface area contributed by atoms with Gasteiger partial charge in [-0.1, -0.05) is 24.3 Å². The van der Waals surface area contributed by atoms with Crippen molar-refractivity contribution in [2.24, 2.45) is 0 Å². The van der Waals surface area contributed by atoms with Gasteiger partial charge in [-0.05, 0) is 42.2 Å². The van der Waals surface area contributed by atoms with E-state index < -0.39 is 0 Å². The summed E-state index contributed by atoms with van der Waals surface area (Å²) in [7, 11) is 0. The maximum Gasteiger partial charge on any atom is 0.339 e. The summed E-state index contributed by atoms with van der Waals surface area (Å²) in [5.74, 6) is -0.332. The zero-order valence-corrected chi connectivity index (χ0v) is 13.6. The van der Waals surface area contributed by atoms with Crippen molar-refractivity contribution < 1.29 is 9.53 Å². The summed E-state index contributed by atoms with van der Waals surface area (Å²) in [6, 6.07) is 12.1. The first-order valence-electron chi connectivity index (χ1n) is 7.91. The third kappa shape index (κ3) is 4.07. The number of aromatic nitrogens is 3. The standard InChI is InChI=1S/C19H19N3O2/c1-2-24-19(23)18-11-17(12-20-13-18)10-15-4-6-16(7-5-15)14-22-9-3-8-21-22/h3-9,11-13H,2,10,14H2,1H3. The molecule has 0 radical (unpaired) electrons. The minimum atomic E-state index is -0.332. The van der Waals surface area contributed by atoms with Crippen LogP contribution in [0.3, 0.4) is 0 Å². The summed E-state index contributed by atoms with van der Waals surface area (Å²) in [5.41, 5.74) is 3.84. The first-order valence-corrected chi connectivity index (χ1v) is 7.91. The Kier molecular flexibility index (Phi) is 5.01.